The zero-order valence-electron chi connectivity index (χ0n) is 21.2. The lowest BCUT2D eigenvalue weighted by Gasteiger charge is -1.98. The van der Waals surface area contributed by atoms with E-state index in [0.29, 0.717) is 11.1 Å². The van der Waals surface area contributed by atoms with E-state index in [9.17, 15) is 14.4 Å². The first-order valence-corrected chi connectivity index (χ1v) is 10.5. The molecule has 1 rings (SSSR count). The zero-order valence-corrected chi connectivity index (χ0v) is 21.2. The van der Waals surface area contributed by atoms with Crippen LogP contribution >= 0.6 is 0 Å². The molecule has 0 spiro atoms. The van der Waals surface area contributed by atoms with E-state index in [-0.39, 0.29) is 11.8 Å². The maximum atomic E-state index is 11.0. The summed E-state index contributed by atoms with van der Waals surface area (Å²) in [7, 11) is 1.57. The lowest BCUT2D eigenvalue weighted by Crippen LogP contribution is -2.17. The van der Waals surface area contributed by atoms with Crippen LogP contribution in [-0.4, -0.2) is 25.1 Å². The van der Waals surface area contributed by atoms with Gasteiger partial charge in [-0.15, -0.1) is 0 Å². The molecule has 2 amide bonds. The van der Waals surface area contributed by atoms with Crippen LogP contribution in [0.2, 0.25) is 0 Å². The Hall–Kier alpha value is -2.17. The summed E-state index contributed by atoms with van der Waals surface area (Å²) in [5.74, 6) is -0.479. The molecule has 0 aliphatic carbocycles. The molecule has 0 aromatic heterocycles. The fourth-order valence-electron chi connectivity index (χ4n) is 0.857. The molecular weight excluding hydrogens is 352 g/mol. The van der Waals surface area contributed by atoms with Gasteiger partial charge < -0.3 is 11.1 Å². The molecular formula is C23H50N2O3. The first-order valence-electron chi connectivity index (χ1n) is 10.5. The highest BCUT2D eigenvalue weighted by Crippen LogP contribution is 2.01. The minimum Gasteiger partial charge on any atom is -0.370 e. The number of hydrogen-bond donors (Lipinski definition) is 2. The van der Waals surface area contributed by atoms with Gasteiger partial charge >= 0.3 is 0 Å². The molecule has 3 N–H and O–H groups in total. The van der Waals surface area contributed by atoms with Crippen molar-refractivity contribution in [3.8, 4) is 0 Å². The number of benzene rings is 1. The van der Waals surface area contributed by atoms with Crippen LogP contribution in [-0.2, 0) is 4.79 Å². The Kier molecular flexibility index (Phi) is 90.3. The maximum Gasteiger partial charge on any atom is 0.251 e. The van der Waals surface area contributed by atoms with Gasteiger partial charge in [0.15, 0.2) is 0 Å². The Morgan fingerprint density at radius 1 is 0.750 bits per heavy atom. The third-order valence-electron chi connectivity index (χ3n) is 1.54. The molecule has 0 atom stereocenters. The van der Waals surface area contributed by atoms with Gasteiger partial charge in [0, 0.05) is 25.1 Å². The van der Waals surface area contributed by atoms with Crippen molar-refractivity contribution in [1.82, 2.24) is 5.32 Å². The van der Waals surface area contributed by atoms with Crippen LogP contribution in [0.5, 0.6) is 0 Å². The summed E-state index contributed by atoms with van der Waals surface area (Å²) in [5, 5.41) is 2.49. The second-order valence-corrected chi connectivity index (χ2v) is 2.93. The van der Waals surface area contributed by atoms with Crippen LogP contribution < -0.4 is 11.1 Å². The predicted molar refractivity (Wildman–Crippen MR) is 128 cm³/mol. The van der Waals surface area contributed by atoms with E-state index >= 15 is 0 Å². The molecule has 170 valence electrons. The summed E-state index contributed by atoms with van der Waals surface area (Å²) in [6, 6.07) is 6.44. The van der Waals surface area contributed by atoms with Crippen LogP contribution in [0.4, 0.5) is 0 Å². The number of nitrogens with one attached hydrogen (secondary N) is 1. The molecule has 0 fully saturated rings. The number of hydrogen-bond acceptors (Lipinski definition) is 3. The molecule has 5 heteroatoms. The van der Waals surface area contributed by atoms with E-state index in [1.54, 1.807) is 31.3 Å². The van der Waals surface area contributed by atoms with Gasteiger partial charge in [0.1, 0.15) is 6.29 Å². The minimum absolute atomic E-state index is 0.146. The number of nitrogens with two attached hydrogens (primary N) is 1. The number of amides is 2. The van der Waals surface area contributed by atoms with Crippen molar-refractivity contribution >= 4 is 18.1 Å². The summed E-state index contributed by atoms with van der Waals surface area (Å²) < 4.78 is 0. The van der Waals surface area contributed by atoms with Crippen LogP contribution in [0.15, 0.2) is 24.3 Å². The van der Waals surface area contributed by atoms with E-state index in [1.807, 2.05) is 83.1 Å². The van der Waals surface area contributed by atoms with Gasteiger partial charge in [-0.1, -0.05) is 95.2 Å². The molecule has 0 saturated carbocycles. The molecule has 0 aliphatic heterocycles. The fourth-order valence-corrected chi connectivity index (χ4v) is 0.857. The summed E-state index contributed by atoms with van der Waals surface area (Å²) in [5.41, 5.74) is 5.60. The molecule has 0 bridgehead atoms. The van der Waals surface area contributed by atoms with Crippen LogP contribution in [0.1, 0.15) is 111 Å². The molecule has 0 saturated heterocycles. The first kappa shape index (κ1) is 44.9. The third-order valence-corrected chi connectivity index (χ3v) is 1.54. The smallest absolute Gasteiger partial charge is 0.251 e. The number of carbonyl (C=O) groups excluding carboxylic acids is 3. The van der Waals surface area contributed by atoms with E-state index < -0.39 is 0 Å². The zero-order chi connectivity index (χ0) is 24.6. The lowest BCUT2D eigenvalue weighted by atomic mass is 10.1. The monoisotopic (exact) mass is 402 g/mol. The Morgan fingerprint density at radius 2 is 1.00 bits per heavy atom. The van der Waals surface area contributed by atoms with Crippen molar-refractivity contribution in [2.24, 2.45) is 5.73 Å². The van der Waals surface area contributed by atoms with Crippen molar-refractivity contribution in [1.29, 1.82) is 0 Å². The maximum absolute atomic E-state index is 11.0. The van der Waals surface area contributed by atoms with Gasteiger partial charge in [0.25, 0.3) is 5.91 Å². The van der Waals surface area contributed by atoms with Gasteiger partial charge in [-0.3, -0.25) is 14.4 Å². The highest BCUT2D eigenvalue weighted by molar-refractivity contribution is 5.94. The molecule has 0 radical (unpaired) electrons. The number of carbonyl (C=O) groups is 3. The molecule has 0 aliphatic rings. The number of primary amides is 1. The van der Waals surface area contributed by atoms with Crippen molar-refractivity contribution < 1.29 is 14.4 Å². The van der Waals surface area contributed by atoms with Crippen LogP contribution in [0.25, 0.3) is 0 Å². The van der Waals surface area contributed by atoms with Gasteiger partial charge in [0.2, 0.25) is 5.91 Å². The average molecular weight is 403 g/mol. The van der Waals surface area contributed by atoms with Gasteiger partial charge in [-0.2, -0.15) is 0 Å². The lowest BCUT2D eigenvalue weighted by molar-refractivity contribution is -0.115. The fraction of sp³-hybridized carbons (Fsp3) is 0.609. The molecule has 0 heterocycles. The molecule has 28 heavy (non-hydrogen) atoms. The van der Waals surface area contributed by atoms with Crippen molar-refractivity contribution in [2.75, 3.05) is 7.05 Å². The summed E-state index contributed by atoms with van der Waals surface area (Å²) in [6.45, 7) is 25.3. The quantitative estimate of drug-likeness (QED) is 0.553. The Labute approximate surface area is 176 Å². The number of aldehydes is 1. The van der Waals surface area contributed by atoms with Gasteiger partial charge in [0.05, 0.1) is 0 Å². The van der Waals surface area contributed by atoms with Crippen molar-refractivity contribution in [2.45, 2.75) is 90.0 Å². The topological polar surface area (TPSA) is 89.3 Å². The van der Waals surface area contributed by atoms with E-state index in [2.05, 4.69) is 11.1 Å². The highest BCUT2D eigenvalue weighted by atomic mass is 16.1. The SMILES string of the molecule is CC.CC.CC.CC.CC.CC.CC(N)=O.CNC(=O)c1ccc(C=O)cc1. The second-order valence-electron chi connectivity index (χ2n) is 2.93. The normalized spacial score (nSPS) is 6.07. The standard InChI is InChI=1S/C9H9NO2.C2H5NO.6C2H6/c1-10-9(12)8-4-2-7(6-11)3-5-8;1-2(3)4;6*1-2/h2-6H,1H3,(H,10,12);1H3,(H2,3,4);6*1-2H3. The summed E-state index contributed by atoms with van der Waals surface area (Å²) in [4.78, 5) is 30.5. The minimum atomic E-state index is -0.333. The van der Waals surface area contributed by atoms with Gasteiger partial charge in [-0.05, 0) is 12.1 Å². The number of rotatable bonds is 2. The Morgan fingerprint density at radius 3 is 1.18 bits per heavy atom. The van der Waals surface area contributed by atoms with E-state index in [0.717, 1.165) is 6.29 Å². The van der Waals surface area contributed by atoms with Crippen LogP contribution in [0.3, 0.4) is 0 Å². The molecule has 1 aromatic rings. The van der Waals surface area contributed by atoms with E-state index in [1.165, 1.54) is 6.92 Å². The second kappa shape index (κ2) is 56.3. The predicted octanol–water partition coefficient (Wildman–Crippen LogP) is 6.51. The van der Waals surface area contributed by atoms with Crippen molar-refractivity contribution in [3.63, 3.8) is 0 Å². The first-order chi connectivity index (χ1) is 13.5. The third kappa shape index (κ3) is 49.6. The highest BCUT2D eigenvalue weighted by Gasteiger charge is 2.00. The largest absolute Gasteiger partial charge is 0.370 e. The summed E-state index contributed by atoms with van der Waals surface area (Å²) in [6.07, 6.45) is 0.744. The van der Waals surface area contributed by atoms with Gasteiger partial charge in [-0.25, -0.2) is 0 Å². The van der Waals surface area contributed by atoms with Crippen LogP contribution in [0, 0.1) is 0 Å². The van der Waals surface area contributed by atoms with E-state index in [4.69, 9.17) is 0 Å². The average Bonchev–Trinajstić information content (AvgIpc) is 2.81. The molecule has 0 unspecified atom stereocenters. The Bertz CT molecular complexity index is 372. The summed E-state index contributed by atoms with van der Waals surface area (Å²) >= 11 is 0. The molecule has 1 aromatic carbocycles. The molecule has 5 nitrogen and oxygen atoms in total. The van der Waals surface area contributed by atoms with Crippen molar-refractivity contribution in [3.05, 3.63) is 35.4 Å². The Balaban J connectivity index is -0.0000000464.